The smallest absolute Gasteiger partial charge is 0.407 e. The molecule has 1 saturated carbocycles. The predicted octanol–water partition coefficient (Wildman–Crippen LogP) is 0.119. The van der Waals surface area contributed by atoms with Crippen molar-refractivity contribution in [2.75, 3.05) is 7.05 Å². The molecule has 10 heavy (non-hydrogen) atoms. The Bertz CT molecular complexity index is 142. The molecule has 0 aromatic carbocycles. The third kappa shape index (κ3) is 1.21. The molecular formula is C6H11NO3. The lowest BCUT2D eigenvalue weighted by atomic mass is 9.89. The van der Waals surface area contributed by atoms with E-state index in [1.165, 1.54) is 11.9 Å². The van der Waals surface area contributed by atoms with Crippen molar-refractivity contribution in [3.8, 4) is 0 Å². The maximum absolute atomic E-state index is 10.3. The average Bonchev–Trinajstić information content (AvgIpc) is 1.79. The Balaban J connectivity index is 2.31. The number of aliphatic hydroxyl groups excluding tert-OH is 1. The fourth-order valence-electron chi connectivity index (χ4n) is 1.03. The van der Waals surface area contributed by atoms with E-state index in [4.69, 9.17) is 10.2 Å². The molecule has 1 fully saturated rings. The van der Waals surface area contributed by atoms with Gasteiger partial charge in [0.2, 0.25) is 0 Å². The molecule has 4 heteroatoms. The van der Waals surface area contributed by atoms with Crippen molar-refractivity contribution < 1.29 is 15.0 Å². The Labute approximate surface area is 59.1 Å². The van der Waals surface area contributed by atoms with Crippen molar-refractivity contribution >= 4 is 6.09 Å². The first kappa shape index (κ1) is 7.34. The van der Waals surface area contributed by atoms with Crippen LogP contribution in [0.1, 0.15) is 12.8 Å². The lowest BCUT2D eigenvalue weighted by Crippen LogP contribution is -2.47. The van der Waals surface area contributed by atoms with Crippen LogP contribution < -0.4 is 0 Å². The largest absolute Gasteiger partial charge is 0.465 e. The first-order valence-electron chi connectivity index (χ1n) is 3.25. The second-order valence-corrected chi connectivity index (χ2v) is 2.67. The van der Waals surface area contributed by atoms with Crippen molar-refractivity contribution in [2.45, 2.75) is 25.0 Å². The number of hydrogen-bond donors (Lipinski definition) is 2. The van der Waals surface area contributed by atoms with Crippen LogP contribution >= 0.6 is 0 Å². The monoisotopic (exact) mass is 145 g/mol. The number of nitrogens with zero attached hydrogens (tertiary/aromatic N) is 1. The van der Waals surface area contributed by atoms with Crippen molar-refractivity contribution in [1.29, 1.82) is 0 Å². The van der Waals surface area contributed by atoms with Crippen molar-refractivity contribution in [3.63, 3.8) is 0 Å². The van der Waals surface area contributed by atoms with E-state index >= 15 is 0 Å². The van der Waals surface area contributed by atoms with Gasteiger partial charge in [-0.05, 0) is 12.8 Å². The van der Waals surface area contributed by atoms with E-state index in [2.05, 4.69) is 0 Å². The summed E-state index contributed by atoms with van der Waals surface area (Å²) < 4.78 is 0. The molecular weight excluding hydrogens is 134 g/mol. The van der Waals surface area contributed by atoms with Crippen LogP contribution in [0.2, 0.25) is 0 Å². The minimum atomic E-state index is -0.920. The van der Waals surface area contributed by atoms with E-state index in [0.29, 0.717) is 12.8 Å². The number of rotatable bonds is 1. The summed E-state index contributed by atoms with van der Waals surface area (Å²) in [6, 6.07) is 0.0347. The lowest BCUT2D eigenvalue weighted by Gasteiger charge is -2.36. The molecule has 1 aliphatic rings. The lowest BCUT2D eigenvalue weighted by molar-refractivity contribution is 0.0166. The fourth-order valence-corrected chi connectivity index (χ4v) is 1.03. The van der Waals surface area contributed by atoms with Gasteiger partial charge in [-0.2, -0.15) is 0 Å². The third-order valence-electron chi connectivity index (χ3n) is 1.94. The van der Waals surface area contributed by atoms with Crippen LogP contribution in [0.25, 0.3) is 0 Å². The molecule has 1 amide bonds. The molecule has 0 bridgehead atoms. The third-order valence-corrected chi connectivity index (χ3v) is 1.94. The number of amides is 1. The molecule has 58 valence electrons. The molecule has 4 nitrogen and oxygen atoms in total. The first-order chi connectivity index (χ1) is 4.61. The van der Waals surface area contributed by atoms with Crippen LogP contribution in [-0.4, -0.2) is 40.4 Å². The zero-order valence-corrected chi connectivity index (χ0v) is 5.82. The number of aliphatic hydroxyl groups is 1. The summed E-state index contributed by atoms with van der Waals surface area (Å²) in [5.41, 5.74) is 0. The molecule has 0 saturated heterocycles. The summed E-state index contributed by atoms with van der Waals surface area (Å²) in [6.07, 6.45) is -0.0327. The van der Waals surface area contributed by atoms with E-state index in [9.17, 15) is 4.79 Å². The molecule has 1 rings (SSSR count). The van der Waals surface area contributed by atoms with Crippen LogP contribution in [-0.2, 0) is 0 Å². The van der Waals surface area contributed by atoms with E-state index < -0.39 is 6.09 Å². The summed E-state index contributed by atoms with van der Waals surface area (Å²) in [6.45, 7) is 0. The van der Waals surface area contributed by atoms with Crippen LogP contribution in [0.5, 0.6) is 0 Å². The van der Waals surface area contributed by atoms with Gasteiger partial charge in [0.1, 0.15) is 0 Å². The Hall–Kier alpha value is -0.770. The molecule has 0 aromatic rings. The van der Waals surface area contributed by atoms with Gasteiger partial charge >= 0.3 is 6.09 Å². The van der Waals surface area contributed by atoms with Crippen LogP contribution in [0.4, 0.5) is 4.79 Å². The van der Waals surface area contributed by atoms with Crippen LogP contribution in [0, 0.1) is 0 Å². The number of carboxylic acid groups (broad SMARTS) is 1. The van der Waals surface area contributed by atoms with Gasteiger partial charge in [-0.1, -0.05) is 0 Å². The average molecular weight is 145 g/mol. The molecule has 0 atom stereocenters. The van der Waals surface area contributed by atoms with E-state index in [1.54, 1.807) is 0 Å². The zero-order valence-electron chi connectivity index (χ0n) is 5.82. The maximum Gasteiger partial charge on any atom is 0.407 e. The molecule has 0 unspecified atom stereocenters. The highest BCUT2D eigenvalue weighted by atomic mass is 16.4. The first-order valence-corrected chi connectivity index (χ1v) is 3.25. The van der Waals surface area contributed by atoms with Crippen molar-refractivity contribution in [2.24, 2.45) is 0 Å². The highest BCUT2D eigenvalue weighted by Gasteiger charge is 2.32. The topological polar surface area (TPSA) is 60.8 Å². The van der Waals surface area contributed by atoms with Crippen molar-refractivity contribution in [1.82, 2.24) is 4.90 Å². The summed E-state index contributed by atoms with van der Waals surface area (Å²) in [4.78, 5) is 11.5. The van der Waals surface area contributed by atoms with Gasteiger partial charge in [0.15, 0.2) is 0 Å². The van der Waals surface area contributed by atoms with Gasteiger partial charge in [0.25, 0.3) is 0 Å². The summed E-state index contributed by atoms with van der Waals surface area (Å²) in [7, 11) is 1.53. The van der Waals surface area contributed by atoms with E-state index in [1.807, 2.05) is 0 Å². The second kappa shape index (κ2) is 2.46. The molecule has 0 aromatic heterocycles. The maximum atomic E-state index is 10.3. The number of hydrogen-bond acceptors (Lipinski definition) is 2. The minimum Gasteiger partial charge on any atom is -0.465 e. The van der Waals surface area contributed by atoms with Gasteiger partial charge in [-0.3, -0.25) is 0 Å². The van der Waals surface area contributed by atoms with E-state index in [0.717, 1.165) is 0 Å². The summed E-state index contributed by atoms with van der Waals surface area (Å²) in [5.74, 6) is 0. The molecule has 0 spiro atoms. The van der Waals surface area contributed by atoms with Gasteiger partial charge in [-0.25, -0.2) is 4.79 Å². The molecule has 1 aliphatic carbocycles. The van der Waals surface area contributed by atoms with Gasteiger partial charge in [0.05, 0.1) is 6.10 Å². The zero-order chi connectivity index (χ0) is 7.72. The van der Waals surface area contributed by atoms with E-state index in [-0.39, 0.29) is 12.1 Å². The van der Waals surface area contributed by atoms with Gasteiger partial charge in [0, 0.05) is 13.1 Å². The summed E-state index contributed by atoms with van der Waals surface area (Å²) in [5, 5.41) is 17.3. The summed E-state index contributed by atoms with van der Waals surface area (Å²) >= 11 is 0. The molecule has 0 heterocycles. The van der Waals surface area contributed by atoms with Gasteiger partial charge in [-0.15, -0.1) is 0 Å². The van der Waals surface area contributed by atoms with Crippen molar-refractivity contribution in [3.05, 3.63) is 0 Å². The van der Waals surface area contributed by atoms with Crippen LogP contribution in [0.15, 0.2) is 0 Å². The standard InChI is InChI=1S/C6H11NO3/c1-7(6(9)10)4-2-5(8)3-4/h4-5,8H,2-3H2,1H3,(H,9,10)/t4-,5+. The molecule has 0 aliphatic heterocycles. The quantitative estimate of drug-likeness (QED) is 0.551. The fraction of sp³-hybridized carbons (Fsp3) is 0.833. The van der Waals surface area contributed by atoms with Gasteiger partial charge < -0.3 is 15.1 Å². The minimum absolute atomic E-state index is 0.0347. The number of carbonyl (C=O) groups is 1. The Morgan fingerprint density at radius 2 is 2.10 bits per heavy atom. The molecule has 0 radical (unpaired) electrons. The Kier molecular flexibility index (Phi) is 1.80. The Morgan fingerprint density at radius 1 is 1.60 bits per heavy atom. The SMILES string of the molecule is CN(C(=O)O)[C@H]1C[C@@H](O)C1. The predicted molar refractivity (Wildman–Crippen MR) is 34.8 cm³/mol. The normalized spacial score (nSPS) is 31.0. The highest BCUT2D eigenvalue weighted by molar-refractivity contribution is 5.65. The Morgan fingerprint density at radius 3 is 2.40 bits per heavy atom. The van der Waals surface area contributed by atoms with Crippen LogP contribution in [0.3, 0.4) is 0 Å². The second-order valence-electron chi connectivity index (χ2n) is 2.67. The molecule has 2 N–H and O–H groups in total. The highest BCUT2D eigenvalue weighted by Crippen LogP contribution is 2.24.